The third kappa shape index (κ3) is 3.47. The fourth-order valence-corrected chi connectivity index (χ4v) is 4.43. The highest BCUT2D eigenvalue weighted by Gasteiger charge is 2.43. The highest BCUT2D eigenvalue weighted by Crippen LogP contribution is 2.33. The predicted molar refractivity (Wildman–Crippen MR) is 79.6 cm³/mol. The Kier molecular flexibility index (Phi) is 4.96. The Morgan fingerprint density at radius 1 is 1.50 bits per heavy atom. The molecule has 5 nitrogen and oxygen atoms in total. The van der Waals surface area contributed by atoms with Crippen LogP contribution >= 0.6 is 11.8 Å². The topological polar surface area (TPSA) is 83.6 Å². The first kappa shape index (κ1) is 15.6. The highest BCUT2D eigenvalue weighted by atomic mass is 32.2. The van der Waals surface area contributed by atoms with Gasteiger partial charge in [-0.2, -0.15) is 11.8 Å². The number of amides is 1. The number of nitrogens with zero attached hydrogens (tertiary/aromatic N) is 1. The van der Waals surface area contributed by atoms with Crippen molar-refractivity contribution >= 4 is 23.6 Å². The minimum Gasteiger partial charge on any atom is -0.481 e. The van der Waals surface area contributed by atoms with Crippen molar-refractivity contribution in [1.82, 2.24) is 4.90 Å². The first-order chi connectivity index (χ1) is 9.42. The van der Waals surface area contributed by atoms with Crippen molar-refractivity contribution in [1.29, 1.82) is 0 Å². The van der Waals surface area contributed by atoms with Gasteiger partial charge in [-0.25, -0.2) is 0 Å². The van der Waals surface area contributed by atoms with E-state index in [1.807, 2.05) is 0 Å². The van der Waals surface area contributed by atoms with Gasteiger partial charge in [0.25, 0.3) is 0 Å². The van der Waals surface area contributed by atoms with Crippen LogP contribution in [0.15, 0.2) is 0 Å². The van der Waals surface area contributed by atoms with Crippen LogP contribution in [-0.2, 0) is 9.59 Å². The van der Waals surface area contributed by atoms with E-state index in [1.54, 1.807) is 16.7 Å². The first-order valence-electron chi connectivity index (χ1n) is 7.32. The molecule has 1 aliphatic heterocycles. The van der Waals surface area contributed by atoms with Gasteiger partial charge in [0, 0.05) is 18.1 Å². The minimum absolute atomic E-state index is 0.0182. The van der Waals surface area contributed by atoms with E-state index in [0.29, 0.717) is 18.2 Å². The summed E-state index contributed by atoms with van der Waals surface area (Å²) in [5, 5.41) is 9.00. The number of nitrogens with two attached hydrogens (primary N) is 1. The number of rotatable bonds is 3. The number of aliphatic carboxylic acids is 1. The van der Waals surface area contributed by atoms with E-state index < -0.39 is 11.5 Å². The Balaban J connectivity index is 2.10. The van der Waals surface area contributed by atoms with Gasteiger partial charge in [-0.1, -0.05) is 19.8 Å². The maximum Gasteiger partial charge on any atom is 0.305 e. The van der Waals surface area contributed by atoms with Gasteiger partial charge in [0.15, 0.2) is 0 Å². The number of carbonyl (C=O) groups is 2. The second kappa shape index (κ2) is 6.35. The summed E-state index contributed by atoms with van der Waals surface area (Å²) in [7, 11) is 0. The average molecular weight is 300 g/mol. The molecule has 3 unspecified atom stereocenters. The van der Waals surface area contributed by atoms with Crippen LogP contribution in [0.3, 0.4) is 0 Å². The van der Waals surface area contributed by atoms with Gasteiger partial charge in [0.1, 0.15) is 0 Å². The van der Waals surface area contributed by atoms with Crippen molar-refractivity contribution in [3.8, 4) is 0 Å². The Labute approximate surface area is 124 Å². The maximum atomic E-state index is 12.8. The van der Waals surface area contributed by atoms with E-state index in [4.69, 9.17) is 10.8 Å². The summed E-state index contributed by atoms with van der Waals surface area (Å²) in [6.07, 6.45) is 3.56. The number of carboxylic acid groups (broad SMARTS) is 1. The lowest BCUT2D eigenvalue weighted by atomic mass is 9.76. The summed E-state index contributed by atoms with van der Waals surface area (Å²) >= 11 is 1.71. The molecule has 6 heteroatoms. The highest BCUT2D eigenvalue weighted by molar-refractivity contribution is 7.99. The molecule has 20 heavy (non-hydrogen) atoms. The van der Waals surface area contributed by atoms with Crippen molar-refractivity contribution in [2.75, 3.05) is 18.1 Å². The van der Waals surface area contributed by atoms with Crippen LogP contribution in [0.5, 0.6) is 0 Å². The minimum atomic E-state index is -0.849. The van der Waals surface area contributed by atoms with Crippen LogP contribution < -0.4 is 5.73 Å². The van der Waals surface area contributed by atoms with Crippen molar-refractivity contribution < 1.29 is 14.7 Å². The summed E-state index contributed by atoms with van der Waals surface area (Å²) < 4.78 is 0. The summed E-state index contributed by atoms with van der Waals surface area (Å²) in [6, 6.07) is -0.212. The molecule has 2 aliphatic rings. The number of hydrogen-bond acceptors (Lipinski definition) is 4. The molecular formula is C14H24N2O3S. The molecule has 0 aromatic rings. The van der Waals surface area contributed by atoms with Gasteiger partial charge in [-0.3, -0.25) is 9.59 Å². The zero-order valence-corrected chi connectivity index (χ0v) is 12.8. The molecule has 1 saturated carbocycles. The first-order valence-corrected chi connectivity index (χ1v) is 8.47. The Morgan fingerprint density at radius 3 is 2.90 bits per heavy atom. The van der Waals surface area contributed by atoms with Crippen molar-refractivity contribution in [3.63, 3.8) is 0 Å². The third-order valence-corrected chi connectivity index (χ3v) is 5.45. The van der Waals surface area contributed by atoms with E-state index in [2.05, 4.69) is 6.92 Å². The van der Waals surface area contributed by atoms with Gasteiger partial charge in [0.05, 0.1) is 18.0 Å². The van der Waals surface area contributed by atoms with Gasteiger partial charge in [-0.15, -0.1) is 0 Å². The van der Waals surface area contributed by atoms with Crippen molar-refractivity contribution in [2.45, 2.75) is 50.6 Å². The zero-order chi connectivity index (χ0) is 14.8. The predicted octanol–water partition coefficient (Wildman–Crippen LogP) is 1.31. The molecule has 1 aliphatic carbocycles. The smallest absolute Gasteiger partial charge is 0.305 e. The summed E-state index contributed by atoms with van der Waals surface area (Å²) in [5.74, 6) is 1.15. The van der Waals surface area contributed by atoms with E-state index in [-0.39, 0.29) is 18.4 Å². The zero-order valence-electron chi connectivity index (χ0n) is 12.0. The standard InChI is InChI=1S/C14H24N2O3S/c1-10-3-2-4-14(15,8-10)13(19)16-5-6-20-9-11(16)7-12(17)18/h10-11H,2-9,15H2,1H3,(H,17,18). The van der Waals surface area contributed by atoms with E-state index >= 15 is 0 Å². The van der Waals surface area contributed by atoms with E-state index in [0.717, 1.165) is 31.4 Å². The second-order valence-corrected chi connectivity index (χ2v) is 7.33. The van der Waals surface area contributed by atoms with Gasteiger partial charge >= 0.3 is 5.97 Å². The molecule has 0 spiro atoms. The van der Waals surface area contributed by atoms with Crippen molar-refractivity contribution in [2.24, 2.45) is 11.7 Å². The molecule has 0 radical (unpaired) electrons. The molecule has 2 rings (SSSR count). The normalized spacial score (nSPS) is 34.8. The lowest BCUT2D eigenvalue weighted by molar-refractivity contribution is -0.144. The molecule has 3 N–H and O–H groups in total. The van der Waals surface area contributed by atoms with E-state index in [1.165, 1.54) is 0 Å². The largest absolute Gasteiger partial charge is 0.481 e. The van der Waals surface area contributed by atoms with Crippen LogP contribution in [0.25, 0.3) is 0 Å². The third-order valence-electron chi connectivity index (χ3n) is 4.36. The quantitative estimate of drug-likeness (QED) is 0.821. The second-order valence-electron chi connectivity index (χ2n) is 6.18. The number of thioether (sulfide) groups is 1. The molecule has 1 amide bonds. The fraction of sp³-hybridized carbons (Fsp3) is 0.857. The Hall–Kier alpha value is -0.750. The van der Waals surface area contributed by atoms with Gasteiger partial charge in [-0.05, 0) is 18.8 Å². The molecular weight excluding hydrogens is 276 g/mol. The van der Waals surface area contributed by atoms with Gasteiger partial charge < -0.3 is 15.7 Å². The van der Waals surface area contributed by atoms with Crippen molar-refractivity contribution in [3.05, 3.63) is 0 Å². The van der Waals surface area contributed by atoms with Crippen LogP contribution in [0.4, 0.5) is 0 Å². The average Bonchev–Trinajstić information content (AvgIpc) is 2.37. The van der Waals surface area contributed by atoms with Crippen LogP contribution in [0, 0.1) is 5.92 Å². The molecule has 0 aromatic carbocycles. The monoisotopic (exact) mass is 300 g/mol. The molecule has 3 atom stereocenters. The summed E-state index contributed by atoms with van der Waals surface area (Å²) in [5.41, 5.74) is 5.59. The van der Waals surface area contributed by atoms with Crippen LogP contribution in [0.1, 0.15) is 39.0 Å². The molecule has 1 heterocycles. The van der Waals surface area contributed by atoms with E-state index in [9.17, 15) is 9.59 Å². The SMILES string of the molecule is CC1CCCC(N)(C(=O)N2CCSCC2CC(=O)O)C1. The molecule has 0 aromatic heterocycles. The van der Waals surface area contributed by atoms with Crippen LogP contribution in [-0.4, -0.2) is 51.5 Å². The van der Waals surface area contributed by atoms with Gasteiger partial charge in [0.2, 0.25) is 5.91 Å². The molecule has 2 fully saturated rings. The lowest BCUT2D eigenvalue weighted by Crippen LogP contribution is -2.61. The number of carbonyl (C=O) groups excluding carboxylic acids is 1. The van der Waals surface area contributed by atoms with Crippen LogP contribution in [0.2, 0.25) is 0 Å². The summed E-state index contributed by atoms with van der Waals surface area (Å²) in [4.78, 5) is 25.5. The summed E-state index contributed by atoms with van der Waals surface area (Å²) in [6.45, 7) is 2.75. The maximum absolute atomic E-state index is 12.8. The molecule has 114 valence electrons. The molecule has 1 saturated heterocycles. The Bertz CT molecular complexity index is 391. The molecule has 0 bridgehead atoms. The fourth-order valence-electron chi connectivity index (χ4n) is 3.37. The number of hydrogen-bond donors (Lipinski definition) is 2. The Morgan fingerprint density at radius 2 is 2.25 bits per heavy atom. The number of carboxylic acids is 1. The lowest BCUT2D eigenvalue weighted by Gasteiger charge is -2.43.